The molecule has 0 aliphatic heterocycles. The van der Waals surface area contributed by atoms with Crippen molar-refractivity contribution >= 4 is 44.4 Å². The molecule has 0 aliphatic carbocycles. The van der Waals surface area contributed by atoms with E-state index in [-0.39, 0.29) is 11.7 Å². The molecule has 160 valence electrons. The highest BCUT2D eigenvalue weighted by Crippen LogP contribution is 2.33. The van der Waals surface area contributed by atoms with Crippen molar-refractivity contribution in [2.75, 3.05) is 37.8 Å². The summed E-state index contributed by atoms with van der Waals surface area (Å²) in [6.07, 6.45) is 1.23. The van der Waals surface area contributed by atoms with Gasteiger partial charge in [0.15, 0.2) is 5.13 Å². The smallest absolute Gasteiger partial charge is 0.228 e. The van der Waals surface area contributed by atoms with Gasteiger partial charge in [-0.15, -0.1) is 11.8 Å². The van der Waals surface area contributed by atoms with Gasteiger partial charge >= 0.3 is 0 Å². The summed E-state index contributed by atoms with van der Waals surface area (Å²) in [4.78, 5) is 22.8. The maximum Gasteiger partial charge on any atom is 0.228 e. The normalized spacial score (nSPS) is 11.4. The molecule has 1 aromatic heterocycles. The van der Waals surface area contributed by atoms with Crippen LogP contribution in [-0.4, -0.2) is 48.7 Å². The van der Waals surface area contributed by atoms with Crippen LogP contribution in [0.1, 0.15) is 24.0 Å². The standard InChI is InChI=1S/C23H28FN3OS2/c1-16-7-8-17(2)22-21(16)25-23(30-22)27(14-13-26(3)4)20(28)6-5-15-29-19-11-9-18(24)10-12-19/h7-12H,5-6,13-15H2,1-4H3. The highest BCUT2D eigenvalue weighted by atomic mass is 32.2. The fourth-order valence-corrected chi connectivity index (χ4v) is 5.08. The SMILES string of the molecule is Cc1ccc(C)c2sc(N(CCN(C)C)C(=O)CCCSc3ccc(F)cc3)nc12. The fourth-order valence-electron chi connectivity index (χ4n) is 3.07. The third kappa shape index (κ3) is 5.80. The number of thiazole rings is 1. The Labute approximate surface area is 186 Å². The molecule has 0 unspecified atom stereocenters. The van der Waals surface area contributed by atoms with Crippen molar-refractivity contribution in [3.8, 4) is 0 Å². The molecule has 0 radical (unpaired) electrons. The van der Waals surface area contributed by atoms with Gasteiger partial charge in [0.2, 0.25) is 5.91 Å². The number of fused-ring (bicyclic) bond motifs is 1. The molecule has 0 fully saturated rings. The van der Waals surface area contributed by atoms with E-state index < -0.39 is 0 Å². The second-order valence-electron chi connectivity index (χ2n) is 7.63. The number of amides is 1. The van der Waals surface area contributed by atoms with Gasteiger partial charge < -0.3 is 4.90 Å². The van der Waals surface area contributed by atoms with Gasteiger partial charge in [0.1, 0.15) is 5.82 Å². The topological polar surface area (TPSA) is 36.4 Å². The zero-order valence-electron chi connectivity index (χ0n) is 17.9. The Kier molecular flexibility index (Phi) is 7.86. The summed E-state index contributed by atoms with van der Waals surface area (Å²) >= 11 is 3.24. The Morgan fingerprint density at radius 2 is 1.77 bits per heavy atom. The number of thioether (sulfide) groups is 1. The predicted octanol–water partition coefficient (Wildman–Crippen LogP) is 5.52. The molecule has 1 heterocycles. The first-order valence-electron chi connectivity index (χ1n) is 10.1. The lowest BCUT2D eigenvalue weighted by molar-refractivity contribution is -0.118. The number of aryl methyl sites for hydroxylation is 2. The quantitative estimate of drug-likeness (QED) is 0.321. The zero-order valence-corrected chi connectivity index (χ0v) is 19.6. The maximum absolute atomic E-state index is 13.1. The van der Waals surface area contributed by atoms with Crippen molar-refractivity contribution < 1.29 is 9.18 Å². The van der Waals surface area contributed by atoms with E-state index in [4.69, 9.17) is 4.98 Å². The van der Waals surface area contributed by atoms with E-state index in [9.17, 15) is 9.18 Å². The first kappa shape index (κ1) is 22.7. The molecule has 0 spiro atoms. The van der Waals surface area contributed by atoms with Crippen LogP contribution in [-0.2, 0) is 4.79 Å². The van der Waals surface area contributed by atoms with E-state index in [0.29, 0.717) is 13.0 Å². The summed E-state index contributed by atoms with van der Waals surface area (Å²) in [5.74, 6) is 0.690. The first-order chi connectivity index (χ1) is 14.3. The van der Waals surface area contributed by atoms with Crippen molar-refractivity contribution in [3.05, 3.63) is 53.3 Å². The molecule has 4 nitrogen and oxygen atoms in total. The summed E-state index contributed by atoms with van der Waals surface area (Å²) in [6.45, 7) is 5.55. The van der Waals surface area contributed by atoms with Crippen LogP contribution in [0, 0.1) is 19.7 Å². The molecule has 7 heteroatoms. The number of halogens is 1. The summed E-state index contributed by atoms with van der Waals surface area (Å²) < 4.78 is 14.2. The predicted molar refractivity (Wildman–Crippen MR) is 126 cm³/mol. The Hall–Kier alpha value is -1.96. The summed E-state index contributed by atoms with van der Waals surface area (Å²) in [5, 5.41) is 0.778. The van der Waals surface area contributed by atoms with Crippen molar-refractivity contribution in [3.63, 3.8) is 0 Å². The van der Waals surface area contributed by atoms with Crippen molar-refractivity contribution in [2.45, 2.75) is 31.6 Å². The van der Waals surface area contributed by atoms with Gasteiger partial charge in [0, 0.05) is 24.4 Å². The molecular formula is C23H28FN3OS2. The van der Waals surface area contributed by atoms with Crippen LogP contribution < -0.4 is 4.90 Å². The number of carbonyl (C=O) groups excluding carboxylic acids is 1. The van der Waals surface area contributed by atoms with Gasteiger partial charge in [-0.05, 0) is 75.5 Å². The van der Waals surface area contributed by atoms with E-state index in [1.807, 2.05) is 19.0 Å². The molecule has 0 bridgehead atoms. The zero-order chi connectivity index (χ0) is 21.7. The number of carbonyl (C=O) groups is 1. The van der Waals surface area contributed by atoms with Gasteiger partial charge in [-0.3, -0.25) is 9.69 Å². The van der Waals surface area contributed by atoms with Crippen molar-refractivity contribution in [1.82, 2.24) is 9.88 Å². The molecular weight excluding hydrogens is 417 g/mol. The van der Waals surface area contributed by atoms with Crippen LogP contribution in [0.4, 0.5) is 9.52 Å². The Balaban J connectivity index is 1.68. The van der Waals surface area contributed by atoms with Gasteiger partial charge in [-0.25, -0.2) is 9.37 Å². The Morgan fingerprint density at radius 1 is 1.07 bits per heavy atom. The minimum Gasteiger partial charge on any atom is -0.308 e. The van der Waals surface area contributed by atoms with Gasteiger partial charge in [-0.2, -0.15) is 0 Å². The molecule has 0 aliphatic rings. The summed E-state index contributed by atoms with van der Waals surface area (Å²) in [6, 6.07) is 10.7. The monoisotopic (exact) mass is 445 g/mol. The second-order valence-corrected chi connectivity index (χ2v) is 9.77. The average molecular weight is 446 g/mol. The fraction of sp³-hybridized carbons (Fsp3) is 0.391. The number of nitrogens with zero attached hydrogens (tertiary/aromatic N) is 3. The molecule has 3 rings (SSSR count). The van der Waals surface area contributed by atoms with Crippen LogP contribution in [0.2, 0.25) is 0 Å². The number of benzene rings is 2. The lowest BCUT2D eigenvalue weighted by Gasteiger charge is -2.22. The van der Waals surface area contributed by atoms with E-state index in [0.717, 1.165) is 44.5 Å². The Bertz CT molecular complexity index is 963. The molecule has 2 aromatic carbocycles. The van der Waals surface area contributed by atoms with E-state index >= 15 is 0 Å². The molecule has 30 heavy (non-hydrogen) atoms. The number of anilines is 1. The van der Waals surface area contributed by atoms with Crippen molar-refractivity contribution in [1.29, 1.82) is 0 Å². The van der Waals surface area contributed by atoms with E-state index in [1.54, 1.807) is 35.2 Å². The minimum absolute atomic E-state index is 0.103. The number of hydrogen-bond acceptors (Lipinski definition) is 5. The average Bonchev–Trinajstić information content (AvgIpc) is 3.16. The van der Waals surface area contributed by atoms with Gasteiger partial charge in [0.05, 0.1) is 10.2 Å². The largest absolute Gasteiger partial charge is 0.308 e. The number of likely N-dealkylation sites (N-methyl/N-ethyl adjacent to an activating group) is 1. The maximum atomic E-state index is 13.1. The van der Waals surface area contributed by atoms with Gasteiger partial charge in [0.25, 0.3) is 0 Å². The first-order valence-corrected chi connectivity index (χ1v) is 11.9. The molecule has 3 aromatic rings. The van der Waals surface area contributed by atoms with E-state index in [1.165, 1.54) is 17.7 Å². The van der Waals surface area contributed by atoms with Crippen LogP contribution in [0.5, 0.6) is 0 Å². The third-order valence-corrected chi connectivity index (χ3v) is 7.16. The second kappa shape index (κ2) is 10.4. The van der Waals surface area contributed by atoms with Gasteiger partial charge in [-0.1, -0.05) is 23.5 Å². The molecule has 0 saturated heterocycles. The molecule has 0 N–H and O–H groups in total. The van der Waals surface area contributed by atoms with Crippen molar-refractivity contribution in [2.24, 2.45) is 0 Å². The lowest BCUT2D eigenvalue weighted by Crippen LogP contribution is -2.36. The third-order valence-electron chi connectivity index (χ3n) is 4.85. The highest BCUT2D eigenvalue weighted by molar-refractivity contribution is 7.99. The summed E-state index contributed by atoms with van der Waals surface area (Å²) in [5.41, 5.74) is 3.31. The Morgan fingerprint density at radius 3 is 2.43 bits per heavy atom. The number of rotatable bonds is 9. The molecule has 0 saturated carbocycles. The number of hydrogen-bond donors (Lipinski definition) is 0. The van der Waals surface area contributed by atoms with Crippen LogP contribution in [0.15, 0.2) is 41.3 Å². The molecule has 1 amide bonds. The highest BCUT2D eigenvalue weighted by Gasteiger charge is 2.20. The molecule has 0 atom stereocenters. The van der Waals surface area contributed by atoms with Crippen LogP contribution >= 0.6 is 23.1 Å². The number of aromatic nitrogens is 1. The van der Waals surface area contributed by atoms with Crippen LogP contribution in [0.25, 0.3) is 10.2 Å². The minimum atomic E-state index is -0.229. The summed E-state index contributed by atoms with van der Waals surface area (Å²) in [7, 11) is 4.02. The van der Waals surface area contributed by atoms with Crippen LogP contribution in [0.3, 0.4) is 0 Å². The van der Waals surface area contributed by atoms with E-state index in [2.05, 4.69) is 30.9 Å². The lowest BCUT2D eigenvalue weighted by atomic mass is 10.1.